The molecule has 1 aromatic carbocycles. The molecule has 3 rings (SSSR count). The van der Waals surface area contributed by atoms with Crippen LogP contribution in [0.25, 0.3) is 0 Å². The third-order valence-electron chi connectivity index (χ3n) is 6.93. The lowest BCUT2D eigenvalue weighted by molar-refractivity contribution is -0.123. The number of nitrogens with zero attached hydrogens (tertiary/aromatic N) is 1. The normalized spacial score (nSPS) is 24.2. The van der Waals surface area contributed by atoms with E-state index in [9.17, 15) is 13.2 Å². The number of hydrogen-bond acceptors (Lipinski definition) is 4. The monoisotopic (exact) mass is 433 g/mol. The molecule has 0 aromatic heterocycles. The minimum Gasteiger partial charge on any atom is -0.376 e. The van der Waals surface area contributed by atoms with Crippen LogP contribution in [0.2, 0.25) is 0 Å². The minimum absolute atomic E-state index is 0.0614. The first kappa shape index (κ1) is 23.0. The smallest absolute Gasteiger partial charge is 0.246 e. The molecule has 6 heteroatoms. The topological polar surface area (TPSA) is 63.7 Å². The summed E-state index contributed by atoms with van der Waals surface area (Å²) in [5, 5.41) is 0. The van der Waals surface area contributed by atoms with Crippen LogP contribution in [-0.2, 0) is 26.2 Å². The van der Waals surface area contributed by atoms with Gasteiger partial charge >= 0.3 is 0 Å². The zero-order valence-corrected chi connectivity index (χ0v) is 19.3. The summed E-state index contributed by atoms with van der Waals surface area (Å²) in [6, 6.07) is 10.0. The molecule has 1 aliphatic carbocycles. The first-order valence-corrected chi connectivity index (χ1v) is 12.6. The molecular weight excluding hydrogens is 398 g/mol. The zero-order valence-electron chi connectivity index (χ0n) is 18.5. The van der Waals surface area contributed by atoms with Crippen LogP contribution >= 0.6 is 0 Å². The molecule has 1 atom stereocenters. The summed E-state index contributed by atoms with van der Waals surface area (Å²) in [6.07, 6.45) is 6.89. The van der Waals surface area contributed by atoms with Gasteiger partial charge in [-0.3, -0.25) is 4.79 Å². The molecule has 30 heavy (non-hydrogen) atoms. The van der Waals surface area contributed by atoms with Crippen molar-refractivity contribution in [1.29, 1.82) is 0 Å². The molecule has 2 aliphatic rings. The van der Waals surface area contributed by atoms with Gasteiger partial charge < -0.3 is 4.74 Å². The van der Waals surface area contributed by atoms with Crippen LogP contribution in [0, 0.1) is 5.41 Å². The van der Waals surface area contributed by atoms with Crippen molar-refractivity contribution in [3.63, 3.8) is 0 Å². The highest BCUT2D eigenvalue weighted by Gasteiger charge is 2.51. The molecule has 1 amide bonds. The van der Waals surface area contributed by atoms with Crippen molar-refractivity contribution in [2.75, 3.05) is 13.2 Å². The average molecular weight is 434 g/mol. The van der Waals surface area contributed by atoms with Crippen molar-refractivity contribution in [3.05, 3.63) is 47.5 Å². The summed E-state index contributed by atoms with van der Waals surface area (Å²) in [5.41, 5.74) is 2.20. The van der Waals surface area contributed by atoms with Gasteiger partial charge in [0.1, 0.15) is 4.75 Å². The van der Waals surface area contributed by atoms with E-state index < -0.39 is 14.8 Å². The lowest BCUT2D eigenvalue weighted by Crippen LogP contribution is -2.50. The third kappa shape index (κ3) is 4.65. The fraction of sp³-hybridized carbons (Fsp3) is 0.625. The Morgan fingerprint density at radius 3 is 2.43 bits per heavy atom. The van der Waals surface area contributed by atoms with Gasteiger partial charge in [-0.1, -0.05) is 68.7 Å². The summed E-state index contributed by atoms with van der Waals surface area (Å²) in [6.45, 7) is 7.52. The van der Waals surface area contributed by atoms with Gasteiger partial charge in [0.05, 0.1) is 13.2 Å². The van der Waals surface area contributed by atoms with Crippen molar-refractivity contribution < 1.29 is 17.9 Å². The number of ether oxygens (including phenoxy) is 1. The van der Waals surface area contributed by atoms with Crippen LogP contribution < -0.4 is 0 Å². The predicted octanol–water partition coefficient (Wildman–Crippen LogP) is 4.83. The predicted molar refractivity (Wildman–Crippen MR) is 119 cm³/mol. The van der Waals surface area contributed by atoms with E-state index >= 15 is 0 Å². The van der Waals surface area contributed by atoms with E-state index in [0.717, 1.165) is 34.7 Å². The number of sulfonamides is 1. The van der Waals surface area contributed by atoms with Crippen molar-refractivity contribution in [2.45, 2.75) is 77.1 Å². The van der Waals surface area contributed by atoms with Crippen molar-refractivity contribution >= 4 is 15.9 Å². The Morgan fingerprint density at radius 2 is 1.83 bits per heavy atom. The largest absolute Gasteiger partial charge is 0.376 e. The molecule has 0 bridgehead atoms. The van der Waals surface area contributed by atoms with Crippen molar-refractivity contribution in [3.8, 4) is 0 Å². The fourth-order valence-corrected chi connectivity index (χ4v) is 7.03. The molecule has 1 aliphatic heterocycles. The molecule has 0 saturated carbocycles. The Morgan fingerprint density at radius 1 is 1.13 bits per heavy atom. The van der Waals surface area contributed by atoms with Gasteiger partial charge in [0.15, 0.2) is 0 Å². The Bertz CT molecular complexity index is 874. The molecule has 166 valence electrons. The highest BCUT2D eigenvalue weighted by atomic mass is 32.2. The van der Waals surface area contributed by atoms with Crippen molar-refractivity contribution in [1.82, 2.24) is 4.31 Å². The third-order valence-corrected chi connectivity index (χ3v) is 9.33. The maximum atomic E-state index is 13.5. The summed E-state index contributed by atoms with van der Waals surface area (Å²) in [7, 11) is -3.74. The lowest BCUT2D eigenvalue weighted by atomic mass is 9.66. The van der Waals surface area contributed by atoms with E-state index in [1.807, 2.05) is 36.4 Å². The van der Waals surface area contributed by atoms with Crippen LogP contribution in [0.15, 0.2) is 42.0 Å². The summed E-state index contributed by atoms with van der Waals surface area (Å²) in [5.74, 6) is -0.262. The van der Waals surface area contributed by atoms with Gasteiger partial charge in [-0.2, -0.15) is 0 Å². The summed E-state index contributed by atoms with van der Waals surface area (Å²) < 4.78 is 33.0. The molecule has 1 saturated heterocycles. The van der Waals surface area contributed by atoms with Gasteiger partial charge in [0.2, 0.25) is 15.9 Å². The molecule has 0 spiro atoms. The maximum Gasteiger partial charge on any atom is 0.246 e. The quantitative estimate of drug-likeness (QED) is 0.413. The van der Waals surface area contributed by atoms with Gasteiger partial charge in [0.25, 0.3) is 0 Å². The average Bonchev–Trinajstić information content (AvgIpc) is 3.18. The molecule has 0 radical (unpaired) electrons. The van der Waals surface area contributed by atoms with Gasteiger partial charge in [0, 0.05) is 13.0 Å². The molecule has 1 aromatic rings. The van der Waals surface area contributed by atoms with Crippen LogP contribution in [0.4, 0.5) is 0 Å². The summed E-state index contributed by atoms with van der Waals surface area (Å²) in [4.78, 5) is 12.2. The van der Waals surface area contributed by atoms with Crippen LogP contribution in [0.3, 0.4) is 0 Å². The van der Waals surface area contributed by atoms with E-state index in [2.05, 4.69) is 13.8 Å². The molecule has 1 fully saturated rings. The molecule has 0 N–H and O–H groups in total. The Balaban J connectivity index is 1.78. The number of carbonyl (C=O) groups excluding carboxylic acids is 1. The number of carbonyl (C=O) groups is 1. The first-order valence-electron chi connectivity index (χ1n) is 11.1. The second-order valence-corrected chi connectivity index (χ2v) is 11.4. The van der Waals surface area contributed by atoms with Gasteiger partial charge in [-0.15, -0.1) is 0 Å². The fourth-order valence-electron chi connectivity index (χ4n) is 5.00. The number of amides is 1. The Labute approximate surface area is 181 Å². The van der Waals surface area contributed by atoms with E-state index in [-0.39, 0.29) is 11.3 Å². The van der Waals surface area contributed by atoms with Crippen molar-refractivity contribution in [2.24, 2.45) is 5.41 Å². The van der Waals surface area contributed by atoms with Gasteiger partial charge in [-0.25, -0.2) is 12.7 Å². The molecule has 1 heterocycles. The first-order chi connectivity index (χ1) is 14.3. The molecule has 5 nitrogen and oxygen atoms in total. The maximum absolute atomic E-state index is 13.5. The standard InChI is InChI=1S/C24H35NO4S/c1-4-24(5-2)17-21(13-15-29-18-20-10-7-6-8-11-20)16-23(3,19-24)30(27,28)25-14-9-12-22(25)26/h6-8,10-11,16H,4-5,9,12-15,17-19H2,1-3H3. The van der Waals surface area contributed by atoms with E-state index in [0.29, 0.717) is 45.4 Å². The second-order valence-electron chi connectivity index (χ2n) is 9.04. The highest BCUT2D eigenvalue weighted by Crippen LogP contribution is 2.50. The van der Waals surface area contributed by atoms with Crippen LogP contribution in [0.5, 0.6) is 0 Å². The van der Waals surface area contributed by atoms with Crippen LogP contribution in [0.1, 0.15) is 71.3 Å². The molecule has 1 unspecified atom stereocenters. The number of hydrogen-bond donors (Lipinski definition) is 0. The Hall–Kier alpha value is -1.66. The summed E-state index contributed by atoms with van der Waals surface area (Å²) >= 11 is 0. The zero-order chi connectivity index (χ0) is 21.8. The second kappa shape index (κ2) is 9.23. The lowest BCUT2D eigenvalue weighted by Gasteiger charge is -2.45. The van der Waals surface area contributed by atoms with Crippen LogP contribution in [-0.4, -0.2) is 36.5 Å². The van der Waals surface area contributed by atoms with E-state index in [4.69, 9.17) is 4.74 Å². The van der Waals surface area contributed by atoms with E-state index in [1.54, 1.807) is 6.92 Å². The number of benzene rings is 1. The van der Waals surface area contributed by atoms with Gasteiger partial charge in [-0.05, 0) is 43.6 Å². The Kier molecular flexibility index (Phi) is 7.08. The minimum atomic E-state index is -3.74. The molecular formula is C24H35NO4S. The number of rotatable bonds is 9. The SMILES string of the molecule is CCC1(CC)CC(CCOCc2ccccc2)=CC(C)(S(=O)(=O)N2CCCC2=O)C1. The van der Waals surface area contributed by atoms with E-state index in [1.165, 1.54) is 0 Å². The highest BCUT2D eigenvalue weighted by molar-refractivity contribution is 7.91.